The maximum atomic E-state index is 17.6. The minimum atomic E-state index is -1.01. The van der Waals surface area contributed by atoms with Gasteiger partial charge in [0.2, 0.25) is 5.28 Å². The zero-order chi connectivity index (χ0) is 48.5. The fourth-order valence-electron chi connectivity index (χ4n) is 7.78. The number of carbonyl (C=O) groups is 2. The number of anilines is 3. The number of rotatable bonds is 11. The minimum Gasteiger partial charge on any atom is -0.497 e. The van der Waals surface area contributed by atoms with Gasteiger partial charge in [0.1, 0.15) is 40.6 Å². The third-order valence-corrected chi connectivity index (χ3v) is 11.3. The largest absolute Gasteiger partial charge is 0.497 e. The van der Waals surface area contributed by atoms with Crippen LogP contribution in [0.2, 0.25) is 10.3 Å². The molecule has 13 nitrogen and oxygen atoms in total. The zero-order valence-corrected chi connectivity index (χ0v) is 40.5. The van der Waals surface area contributed by atoms with Crippen LogP contribution in [0.1, 0.15) is 76.8 Å². The van der Waals surface area contributed by atoms with Crippen LogP contribution in [-0.2, 0) is 22.6 Å². The summed E-state index contributed by atoms with van der Waals surface area (Å²) in [7, 11) is 3.17. The van der Waals surface area contributed by atoms with Crippen molar-refractivity contribution in [2.75, 3.05) is 42.1 Å². The Morgan fingerprint density at radius 2 is 1.40 bits per heavy atom. The van der Waals surface area contributed by atoms with E-state index < -0.39 is 41.1 Å². The highest BCUT2D eigenvalue weighted by atomic mass is 35.5. The topological polar surface area (TPSA) is 129 Å². The fourth-order valence-corrected chi connectivity index (χ4v) is 8.28. The minimum absolute atomic E-state index is 0.0146. The van der Waals surface area contributed by atoms with Gasteiger partial charge in [-0.25, -0.2) is 28.3 Å². The van der Waals surface area contributed by atoms with E-state index in [0.29, 0.717) is 22.6 Å². The van der Waals surface area contributed by atoms with E-state index in [4.69, 9.17) is 46.9 Å². The number of halogens is 4. The number of amides is 2. The van der Waals surface area contributed by atoms with Crippen LogP contribution >= 0.6 is 23.2 Å². The molecule has 0 aliphatic carbocycles. The Morgan fingerprint density at radius 3 is 1.94 bits per heavy atom. The van der Waals surface area contributed by atoms with Gasteiger partial charge in [0.05, 0.1) is 42.9 Å². The van der Waals surface area contributed by atoms with Crippen LogP contribution in [0.25, 0.3) is 22.0 Å². The van der Waals surface area contributed by atoms with Crippen LogP contribution < -0.4 is 28.9 Å². The van der Waals surface area contributed by atoms with E-state index in [9.17, 15) is 9.59 Å². The highest BCUT2D eigenvalue weighted by molar-refractivity contribution is 6.37. The van der Waals surface area contributed by atoms with E-state index in [1.165, 1.54) is 12.3 Å². The summed E-state index contributed by atoms with van der Waals surface area (Å²) in [5, 5.41) is -0.441. The summed E-state index contributed by atoms with van der Waals surface area (Å²) in [6.45, 7) is 14.3. The number of methoxy groups -OCH3 is 2. The van der Waals surface area contributed by atoms with Gasteiger partial charge in [-0.2, -0.15) is 9.88 Å². The van der Waals surface area contributed by atoms with E-state index >= 15 is 8.78 Å². The maximum Gasteiger partial charge on any atom is 0.425 e. The second-order valence-electron chi connectivity index (χ2n) is 18.0. The molecule has 0 radical (unpaired) electrons. The Kier molecular flexibility index (Phi) is 14.0. The second-order valence-corrected chi connectivity index (χ2v) is 18.7. The zero-order valence-electron chi connectivity index (χ0n) is 39.0. The number of hydrogen-bond acceptors (Lipinski definition) is 12. The first-order valence-corrected chi connectivity index (χ1v) is 22.2. The molecule has 7 rings (SSSR count). The summed E-state index contributed by atoms with van der Waals surface area (Å²) >= 11 is 13.8. The number of carbonyl (C=O) groups excluding carboxylic acids is 2. The highest BCUT2D eigenvalue weighted by Gasteiger charge is 2.38. The molecule has 2 amide bonds. The number of imide groups is 1. The Labute approximate surface area is 398 Å². The van der Waals surface area contributed by atoms with Crippen molar-refractivity contribution in [1.29, 1.82) is 0 Å². The van der Waals surface area contributed by atoms with Crippen molar-refractivity contribution in [3.63, 3.8) is 0 Å². The van der Waals surface area contributed by atoms with Gasteiger partial charge in [-0.3, -0.25) is 0 Å². The van der Waals surface area contributed by atoms with Gasteiger partial charge in [0.25, 0.3) is 0 Å². The average molecular weight is 958 g/mol. The smallest absolute Gasteiger partial charge is 0.425 e. The molecule has 352 valence electrons. The van der Waals surface area contributed by atoms with Crippen LogP contribution in [0.15, 0.2) is 79.0 Å². The summed E-state index contributed by atoms with van der Waals surface area (Å²) in [6.07, 6.45) is -0.593. The molecule has 67 heavy (non-hydrogen) atoms. The first-order chi connectivity index (χ1) is 31.7. The normalized spacial score (nSPS) is 13.1. The molecule has 3 heterocycles. The summed E-state index contributed by atoms with van der Waals surface area (Å²) in [5.41, 5.74) is 0.322. The first-order valence-electron chi connectivity index (χ1n) is 21.5. The van der Waals surface area contributed by atoms with Gasteiger partial charge in [-0.15, -0.1) is 0 Å². The molecule has 6 aromatic rings. The monoisotopic (exact) mass is 956 g/mol. The number of aromatic nitrogens is 3. The third kappa shape index (κ3) is 10.6. The number of hydrogen-bond donors (Lipinski definition) is 0. The molecule has 4 aromatic carbocycles. The van der Waals surface area contributed by atoms with Gasteiger partial charge in [0, 0.05) is 36.0 Å². The van der Waals surface area contributed by atoms with Gasteiger partial charge >= 0.3 is 12.2 Å². The van der Waals surface area contributed by atoms with Gasteiger partial charge in [-0.05, 0) is 126 Å². The summed E-state index contributed by atoms with van der Waals surface area (Å²) in [5.74, 6) is -0.261. The molecule has 0 bridgehead atoms. The van der Waals surface area contributed by atoms with Crippen LogP contribution in [0.5, 0.6) is 17.2 Å². The molecule has 2 aromatic heterocycles. The standard InChI is InChI=1S/C50H52Cl2F2N6O7/c1-28-24-35(40(53)36(25-28)58(26-30-13-17-32(63-9)18-14-30)27-31-15-19-33(64-10)20-16-31)37-39(51)43-38-42(41(37)54)56-46(52)57-45(38)59(22-23-65-43)29(2)34-12-11-21-55-44(34)60(47(61)66-49(3,4)5)48(62)67-50(6,7)8/h11-21,24-25,29H,22-23,26-27H2,1-10H3. The van der Waals surface area contributed by atoms with Crippen molar-refractivity contribution < 1.29 is 42.1 Å². The van der Waals surface area contributed by atoms with E-state index in [1.807, 2.05) is 53.4 Å². The molecule has 0 saturated heterocycles. The summed E-state index contributed by atoms with van der Waals surface area (Å²) < 4.78 is 63.5. The van der Waals surface area contributed by atoms with Crippen LogP contribution in [-0.4, -0.2) is 65.7 Å². The number of benzene rings is 4. The van der Waals surface area contributed by atoms with Crippen molar-refractivity contribution in [2.45, 2.75) is 85.7 Å². The van der Waals surface area contributed by atoms with Gasteiger partial charge in [-0.1, -0.05) is 41.9 Å². The van der Waals surface area contributed by atoms with Crippen LogP contribution in [0, 0.1) is 18.6 Å². The van der Waals surface area contributed by atoms with Crippen molar-refractivity contribution >= 4 is 63.6 Å². The Balaban J connectivity index is 1.35. The van der Waals surface area contributed by atoms with Crippen LogP contribution in [0.3, 0.4) is 0 Å². The van der Waals surface area contributed by atoms with Crippen molar-refractivity contribution in [3.05, 3.63) is 123 Å². The molecule has 0 fully saturated rings. The van der Waals surface area contributed by atoms with Gasteiger partial charge < -0.3 is 33.5 Å². The predicted octanol–water partition coefficient (Wildman–Crippen LogP) is 12.4. The Morgan fingerprint density at radius 1 is 0.836 bits per heavy atom. The van der Waals surface area contributed by atoms with Crippen molar-refractivity contribution in [1.82, 2.24) is 15.0 Å². The van der Waals surface area contributed by atoms with E-state index in [1.54, 1.807) is 92.7 Å². The number of ether oxygens (including phenoxy) is 5. The fraction of sp³-hybridized carbons (Fsp3) is 0.340. The lowest BCUT2D eigenvalue weighted by Crippen LogP contribution is -2.45. The number of nitrogens with zero attached hydrogens (tertiary/aromatic N) is 6. The van der Waals surface area contributed by atoms with Crippen molar-refractivity contribution in [2.24, 2.45) is 0 Å². The highest BCUT2D eigenvalue weighted by Crippen LogP contribution is 2.50. The molecular formula is C50H52Cl2F2N6O7. The SMILES string of the molecule is COc1ccc(CN(Cc2ccc(OC)cc2)c2cc(C)cc(-c3c(Cl)c4c5c(nc(Cl)nc5c3F)N(C(C)c3cccnc3N(C(=O)OC(C)(C)C)C(=O)OC(C)(C)C)CCO4)c2F)cc1. The maximum absolute atomic E-state index is 17.6. The van der Waals surface area contributed by atoms with Gasteiger partial charge in [0.15, 0.2) is 23.2 Å². The first kappa shape index (κ1) is 48.5. The third-order valence-electron chi connectivity index (χ3n) is 10.8. The quantitative estimate of drug-likeness (QED) is 0.115. The molecule has 17 heteroatoms. The molecule has 1 unspecified atom stereocenters. The van der Waals surface area contributed by atoms with E-state index in [-0.39, 0.29) is 81.6 Å². The lowest BCUT2D eigenvalue weighted by Gasteiger charge is -2.33. The Hall–Kier alpha value is -6.45. The van der Waals surface area contributed by atoms with Crippen molar-refractivity contribution in [3.8, 4) is 28.4 Å². The second kappa shape index (κ2) is 19.4. The Bertz CT molecular complexity index is 2740. The molecule has 1 atom stereocenters. The van der Waals surface area contributed by atoms with E-state index in [0.717, 1.165) is 16.0 Å². The molecule has 0 N–H and O–H groups in total. The lowest BCUT2D eigenvalue weighted by molar-refractivity contribution is 0.0428. The number of aryl methyl sites for hydroxylation is 1. The molecule has 1 aliphatic heterocycles. The lowest BCUT2D eigenvalue weighted by atomic mass is 9.97. The molecule has 0 spiro atoms. The number of pyridine rings is 1. The molecule has 0 saturated carbocycles. The van der Waals surface area contributed by atoms with E-state index in [2.05, 4.69) is 15.0 Å². The van der Waals surface area contributed by atoms with Crippen LogP contribution in [0.4, 0.5) is 35.7 Å². The predicted molar refractivity (Wildman–Crippen MR) is 256 cm³/mol. The molecular weight excluding hydrogens is 905 g/mol. The molecule has 1 aliphatic rings. The summed E-state index contributed by atoms with van der Waals surface area (Å²) in [4.78, 5) is 45.3. The average Bonchev–Trinajstić information content (AvgIpc) is 3.45. The summed E-state index contributed by atoms with van der Waals surface area (Å²) in [6, 6.07) is 20.7.